The Morgan fingerprint density at radius 1 is 1.50 bits per heavy atom. The topological polar surface area (TPSA) is 12.0 Å². The van der Waals surface area contributed by atoms with Crippen LogP contribution in [-0.2, 0) is 12.8 Å². The molecule has 1 aliphatic carbocycles. The van der Waals surface area contributed by atoms with E-state index in [1.54, 1.807) is 0 Å². The van der Waals surface area contributed by atoms with Crippen molar-refractivity contribution >= 4 is 41.2 Å². The van der Waals surface area contributed by atoms with Crippen molar-refractivity contribution in [2.45, 2.75) is 38.6 Å². The second-order valence-electron chi connectivity index (χ2n) is 4.05. The normalized spacial score (nSPS) is 18.8. The monoisotopic (exact) mass is 321 g/mol. The highest BCUT2D eigenvalue weighted by Crippen LogP contribution is 2.35. The van der Waals surface area contributed by atoms with Gasteiger partial charge in [-0.2, -0.15) is 13.5 Å². The Morgan fingerprint density at radius 3 is 2.88 bits per heavy atom. The summed E-state index contributed by atoms with van der Waals surface area (Å²) >= 11 is 9.45. The molecular formula is C12H17BrClNS. The molecule has 0 saturated carbocycles. The number of nitrogens with one attached hydrogen (secondary N) is 1. The van der Waals surface area contributed by atoms with E-state index >= 15 is 0 Å². The Bertz CT molecular complexity index is 370. The van der Waals surface area contributed by atoms with E-state index < -0.39 is 0 Å². The molecule has 0 amide bonds. The molecule has 4 heteroatoms. The van der Waals surface area contributed by atoms with Gasteiger partial charge in [0.2, 0.25) is 0 Å². The maximum atomic E-state index is 5.79. The zero-order valence-electron chi connectivity index (χ0n) is 9.32. The molecule has 0 fully saturated rings. The summed E-state index contributed by atoms with van der Waals surface area (Å²) in [5, 5.41) is 0. The number of fused-ring (bicyclic) bond motifs is 1. The third-order valence-corrected chi connectivity index (χ3v) is 4.10. The minimum atomic E-state index is 0. The van der Waals surface area contributed by atoms with Crippen LogP contribution in [0.1, 0.15) is 42.5 Å². The van der Waals surface area contributed by atoms with Crippen molar-refractivity contribution in [2.24, 2.45) is 0 Å². The molecule has 0 spiro atoms. The lowest BCUT2D eigenvalue weighted by Crippen LogP contribution is -2.18. The molecule has 0 heterocycles. The van der Waals surface area contributed by atoms with Gasteiger partial charge in [0.05, 0.1) is 0 Å². The van der Waals surface area contributed by atoms with Crippen molar-refractivity contribution in [1.29, 1.82) is 0 Å². The van der Waals surface area contributed by atoms with Gasteiger partial charge in [-0.15, -0.1) is 0 Å². The molecule has 90 valence electrons. The summed E-state index contributed by atoms with van der Waals surface area (Å²) in [6.45, 7) is 2.18. The molecule has 16 heavy (non-hydrogen) atoms. The van der Waals surface area contributed by atoms with E-state index in [4.69, 9.17) is 11.8 Å². The van der Waals surface area contributed by atoms with Gasteiger partial charge in [-0.05, 0) is 60.2 Å². The number of hydrogen-bond donors (Lipinski definition) is 1. The molecule has 0 saturated heterocycles. The standard InChI is InChI=1S/C12H15BrClN.H2S/c1-2-8-6-10-9(11(13)7-8)4-3-5-12(10)15-14;/h6-7,12,15H,2-5H2,1H3;1H2/t12-;/m0./s1. The van der Waals surface area contributed by atoms with Gasteiger partial charge in [0.25, 0.3) is 0 Å². The summed E-state index contributed by atoms with van der Waals surface area (Å²) in [6.07, 6.45) is 4.58. The fourth-order valence-electron chi connectivity index (χ4n) is 2.25. The van der Waals surface area contributed by atoms with Gasteiger partial charge in [-0.1, -0.05) is 28.9 Å². The van der Waals surface area contributed by atoms with Gasteiger partial charge >= 0.3 is 0 Å². The molecule has 1 N–H and O–H groups in total. The minimum absolute atomic E-state index is 0. The van der Waals surface area contributed by atoms with E-state index in [2.05, 4.69) is 39.8 Å². The quantitative estimate of drug-likeness (QED) is 0.803. The predicted molar refractivity (Wildman–Crippen MR) is 78.6 cm³/mol. The van der Waals surface area contributed by atoms with Gasteiger partial charge in [-0.25, -0.2) is 4.84 Å². The van der Waals surface area contributed by atoms with Crippen LogP contribution in [0.4, 0.5) is 0 Å². The number of hydrogen-bond acceptors (Lipinski definition) is 1. The van der Waals surface area contributed by atoms with Crippen LogP contribution < -0.4 is 4.84 Å². The summed E-state index contributed by atoms with van der Waals surface area (Å²) in [6, 6.07) is 4.84. The fourth-order valence-corrected chi connectivity index (χ4v) is 3.19. The lowest BCUT2D eigenvalue weighted by Gasteiger charge is -2.25. The molecule has 1 nitrogen and oxygen atoms in total. The van der Waals surface area contributed by atoms with Crippen LogP contribution >= 0.6 is 41.2 Å². The summed E-state index contributed by atoms with van der Waals surface area (Å²) in [4.78, 5) is 2.89. The number of benzene rings is 1. The zero-order valence-corrected chi connectivity index (χ0v) is 12.7. The van der Waals surface area contributed by atoms with Crippen LogP contribution in [-0.4, -0.2) is 0 Å². The van der Waals surface area contributed by atoms with E-state index in [9.17, 15) is 0 Å². The fraction of sp³-hybridized carbons (Fsp3) is 0.500. The predicted octanol–water partition coefficient (Wildman–Crippen LogP) is 4.25. The SMILES string of the molecule is CCc1cc(Br)c2c(c1)[C@@H](NCl)CCC2.S. The Balaban J connectivity index is 0.00000128. The Hall–Kier alpha value is 0.300. The molecule has 2 rings (SSSR count). The van der Waals surface area contributed by atoms with E-state index in [-0.39, 0.29) is 13.5 Å². The maximum absolute atomic E-state index is 5.79. The Kier molecular flexibility index (Phi) is 5.65. The van der Waals surface area contributed by atoms with Crippen molar-refractivity contribution in [3.05, 3.63) is 33.3 Å². The van der Waals surface area contributed by atoms with Gasteiger partial charge in [0.1, 0.15) is 0 Å². The van der Waals surface area contributed by atoms with Crippen molar-refractivity contribution in [2.75, 3.05) is 0 Å². The second kappa shape index (κ2) is 6.29. The first-order valence-electron chi connectivity index (χ1n) is 5.43. The molecule has 1 atom stereocenters. The zero-order chi connectivity index (χ0) is 10.8. The molecule has 0 unspecified atom stereocenters. The van der Waals surface area contributed by atoms with E-state index in [1.807, 2.05) is 0 Å². The van der Waals surface area contributed by atoms with Crippen LogP contribution in [0.2, 0.25) is 0 Å². The first-order valence-corrected chi connectivity index (χ1v) is 6.60. The molecule has 0 aliphatic heterocycles. The average molecular weight is 323 g/mol. The van der Waals surface area contributed by atoms with Crippen LogP contribution in [0.3, 0.4) is 0 Å². The summed E-state index contributed by atoms with van der Waals surface area (Å²) in [7, 11) is 0. The smallest absolute Gasteiger partial charge is 0.0473 e. The number of rotatable bonds is 2. The number of aryl methyl sites for hydroxylation is 1. The first-order chi connectivity index (χ1) is 7.26. The lowest BCUT2D eigenvalue weighted by molar-refractivity contribution is 0.537. The van der Waals surface area contributed by atoms with E-state index in [0.717, 1.165) is 19.3 Å². The summed E-state index contributed by atoms with van der Waals surface area (Å²) < 4.78 is 1.24. The van der Waals surface area contributed by atoms with Crippen molar-refractivity contribution in [1.82, 2.24) is 4.84 Å². The number of halogens is 2. The van der Waals surface area contributed by atoms with Crippen LogP contribution in [0.25, 0.3) is 0 Å². The van der Waals surface area contributed by atoms with Crippen molar-refractivity contribution in [3.8, 4) is 0 Å². The van der Waals surface area contributed by atoms with Gasteiger partial charge in [0.15, 0.2) is 0 Å². The summed E-state index contributed by atoms with van der Waals surface area (Å²) in [5.74, 6) is 0. The highest BCUT2D eigenvalue weighted by atomic mass is 79.9. The summed E-state index contributed by atoms with van der Waals surface area (Å²) in [5.41, 5.74) is 4.18. The highest BCUT2D eigenvalue weighted by molar-refractivity contribution is 9.10. The third-order valence-electron chi connectivity index (χ3n) is 3.12. The third kappa shape index (κ3) is 2.76. The molecule has 0 radical (unpaired) electrons. The Labute approximate surface area is 118 Å². The van der Waals surface area contributed by atoms with Gasteiger partial charge in [-0.3, -0.25) is 0 Å². The molecular weight excluding hydrogens is 306 g/mol. The molecule has 1 aromatic rings. The molecule has 0 aromatic heterocycles. The largest absolute Gasteiger partial charge is 0.226 e. The highest BCUT2D eigenvalue weighted by Gasteiger charge is 2.21. The maximum Gasteiger partial charge on any atom is 0.0473 e. The van der Waals surface area contributed by atoms with Crippen LogP contribution in [0, 0.1) is 0 Å². The average Bonchev–Trinajstić information content (AvgIpc) is 2.28. The van der Waals surface area contributed by atoms with Gasteiger partial charge < -0.3 is 0 Å². The van der Waals surface area contributed by atoms with Gasteiger partial charge in [0, 0.05) is 10.5 Å². The first kappa shape index (κ1) is 14.4. The van der Waals surface area contributed by atoms with E-state index in [1.165, 1.54) is 27.6 Å². The van der Waals surface area contributed by atoms with Crippen LogP contribution in [0.15, 0.2) is 16.6 Å². The van der Waals surface area contributed by atoms with Crippen molar-refractivity contribution in [3.63, 3.8) is 0 Å². The second-order valence-corrected chi connectivity index (χ2v) is 5.13. The molecule has 1 aromatic carbocycles. The Morgan fingerprint density at radius 2 is 2.25 bits per heavy atom. The van der Waals surface area contributed by atoms with E-state index in [0.29, 0.717) is 6.04 Å². The lowest BCUT2D eigenvalue weighted by atomic mass is 9.87. The van der Waals surface area contributed by atoms with Crippen molar-refractivity contribution < 1.29 is 0 Å². The van der Waals surface area contributed by atoms with Crippen LogP contribution in [0.5, 0.6) is 0 Å². The minimum Gasteiger partial charge on any atom is -0.226 e. The molecule has 0 bridgehead atoms. The molecule has 1 aliphatic rings.